The van der Waals surface area contributed by atoms with Crippen molar-refractivity contribution in [3.63, 3.8) is 0 Å². The summed E-state index contributed by atoms with van der Waals surface area (Å²) in [4.78, 5) is 0. The van der Waals surface area contributed by atoms with E-state index in [4.69, 9.17) is 0 Å². The standard InChI is InChI=1S/C10H18N4/c1-2-14-10(8-11-13-14)12-9-6-4-3-5-7-9/h8-9,12H,2-7H2,1H3. The molecule has 0 radical (unpaired) electrons. The van der Waals surface area contributed by atoms with Crippen LogP contribution in [0, 0.1) is 0 Å². The summed E-state index contributed by atoms with van der Waals surface area (Å²) in [7, 11) is 0. The van der Waals surface area contributed by atoms with Crippen LogP contribution in [-0.4, -0.2) is 21.0 Å². The lowest BCUT2D eigenvalue weighted by Gasteiger charge is -2.23. The quantitative estimate of drug-likeness (QED) is 0.800. The molecule has 1 N–H and O–H groups in total. The Balaban J connectivity index is 1.95. The number of aromatic nitrogens is 3. The fourth-order valence-electron chi connectivity index (χ4n) is 2.06. The minimum absolute atomic E-state index is 0.632. The lowest BCUT2D eigenvalue weighted by atomic mass is 9.96. The van der Waals surface area contributed by atoms with Gasteiger partial charge in [-0.05, 0) is 19.8 Å². The van der Waals surface area contributed by atoms with Crippen molar-refractivity contribution in [2.75, 3.05) is 5.32 Å². The molecule has 1 aliphatic carbocycles. The zero-order chi connectivity index (χ0) is 9.80. The molecular weight excluding hydrogens is 176 g/mol. The number of anilines is 1. The van der Waals surface area contributed by atoms with Gasteiger partial charge in [-0.15, -0.1) is 5.10 Å². The normalized spacial score (nSPS) is 18.4. The molecule has 1 aliphatic rings. The fraction of sp³-hybridized carbons (Fsp3) is 0.800. The van der Waals surface area contributed by atoms with Crippen LogP contribution in [0.1, 0.15) is 39.0 Å². The Hall–Kier alpha value is -1.06. The predicted octanol–water partition coefficient (Wildman–Crippen LogP) is 2.04. The summed E-state index contributed by atoms with van der Waals surface area (Å²) in [6.45, 7) is 2.97. The van der Waals surface area contributed by atoms with E-state index in [1.165, 1.54) is 32.1 Å². The number of hydrogen-bond donors (Lipinski definition) is 1. The zero-order valence-corrected chi connectivity index (χ0v) is 8.74. The Morgan fingerprint density at radius 1 is 1.43 bits per heavy atom. The maximum atomic E-state index is 4.00. The molecule has 14 heavy (non-hydrogen) atoms. The summed E-state index contributed by atoms with van der Waals surface area (Å²) in [6, 6.07) is 0.632. The van der Waals surface area contributed by atoms with Crippen LogP contribution < -0.4 is 5.32 Å². The van der Waals surface area contributed by atoms with Crippen molar-refractivity contribution >= 4 is 5.82 Å². The fourth-order valence-corrected chi connectivity index (χ4v) is 2.06. The van der Waals surface area contributed by atoms with Crippen molar-refractivity contribution in [1.82, 2.24) is 15.0 Å². The van der Waals surface area contributed by atoms with Crippen LogP contribution in [0.2, 0.25) is 0 Å². The van der Waals surface area contributed by atoms with Gasteiger partial charge >= 0.3 is 0 Å². The molecule has 1 aromatic rings. The van der Waals surface area contributed by atoms with Crippen LogP contribution in [0.5, 0.6) is 0 Å². The molecule has 0 saturated heterocycles. The number of hydrogen-bond acceptors (Lipinski definition) is 3. The monoisotopic (exact) mass is 194 g/mol. The molecule has 0 amide bonds. The Kier molecular flexibility index (Phi) is 3.01. The molecule has 1 fully saturated rings. The first-order valence-electron chi connectivity index (χ1n) is 5.55. The summed E-state index contributed by atoms with van der Waals surface area (Å²) in [5, 5.41) is 11.4. The average molecular weight is 194 g/mol. The molecule has 4 nitrogen and oxygen atoms in total. The van der Waals surface area contributed by atoms with E-state index < -0.39 is 0 Å². The van der Waals surface area contributed by atoms with Crippen LogP contribution in [0.4, 0.5) is 5.82 Å². The predicted molar refractivity (Wildman–Crippen MR) is 56.2 cm³/mol. The maximum absolute atomic E-state index is 4.00. The Morgan fingerprint density at radius 2 is 2.21 bits per heavy atom. The Bertz CT molecular complexity index is 275. The lowest BCUT2D eigenvalue weighted by Crippen LogP contribution is -2.23. The smallest absolute Gasteiger partial charge is 0.145 e. The van der Waals surface area contributed by atoms with E-state index in [2.05, 4.69) is 22.6 Å². The van der Waals surface area contributed by atoms with Gasteiger partial charge in [0.2, 0.25) is 0 Å². The second kappa shape index (κ2) is 4.44. The molecule has 0 atom stereocenters. The van der Waals surface area contributed by atoms with E-state index in [1.54, 1.807) is 0 Å². The molecule has 1 heterocycles. The number of nitrogens with zero attached hydrogens (tertiary/aromatic N) is 3. The van der Waals surface area contributed by atoms with Gasteiger partial charge < -0.3 is 5.32 Å². The number of rotatable bonds is 3. The topological polar surface area (TPSA) is 42.7 Å². The number of nitrogens with one attached hydrogen (secondary N) is 1. The lowest BCUT2D eigenvalue weighted by molar-refractivity contribution is 0.459. The van der Waals surface area contributed by atoms with Crippen molar-refractivity contribution in [3.8, 4) is 0 Å². The molecule has 78 valence electrons. The summed E-state index contributed by atoms with van der Waals surface area (Å²) in [5.74, 6) is 1.07. The molecule has 1 saturated carbocycles. The van der Waals surface area contributed by atoms with Gasteiger partial charge in [-0.25, -0.2) is 4.68 Å². The van der Waals surface area contributed by atoms with Crippen LogP contribution >= 0.6 is 0 Å². The van der Waals surface area contributed by atoms with E-state index in [0.717, 1.165) is 12.4 Å². The van der Waals surface area contributed by atoms with E-state index in [1.807, 2.05) is 10.9 Å². The molecule has 0 bridgehead atoms. The molecule has 0 spiro atoms. The second-order valence-electron chi connectivity index (χ2n) is 3.91. The van der Waals surface area contributed by atoms with Gasteiger partial charge in [-0.3, -0.25) is 0 Å². The van der Waals surface area contributed by atoms with Crippen molar-refractivity contribution < 1.29 is 0 Å². The molecule has 0 unspecified atom stereocenters. The van der Waals surface area contributed by atoms with Gasteiger partial charge in [-0.1, -0.05) is 24.5 Å². The van der Waals surface area contributed by atoms with Crippen molar-refractivity contribution in [1.29, 1.82) is 0 Å². The zero-order valence-electron chi connectivity index (χ0n) is 8.74. The van der Waals surface area contributed by atoms with Crippen LogP contribution in [-0.2, 0) is 6.54 Å². The third-order valence-electron chi connectivity index (χ3n) is 2.87. The number of aryl methyl sites for hydroxylation is 1. The second-order valence-corrected chi connectivity index (χ2v) is 3.91. The van der Waals surface area contributed by atoms with E-state index in [9.17, 15) is 0 Å². The summed E-state index contributed by atoms with van der Waals surface area (Å²) >= 11 is 0. The van der Waals surface area contributed by atoms with Crippen molar-refractivity contribution in [2.24, 2.45) is 0 Å². The summed E-state index contributed by atoms with van der Waals surface area (Å²) in [6.07, 6.45) is 8.49. The molecule has 1 aromatic heterocycles. The van der Waals surface area contributed by atoms with Crippen LogP contribution in [0.25, 0.3) is 0 Å². The van der Waals surface area contributed by atoms with Gasteiger partial charge in [0.15, 0.2) is 0 Å². The molecule has 2 rings (SSSR count). The van der Waals surface area contributed by atoms with Gasteiger partial charge in [-0.2, -0.15) is 0 Å². The largest absolute Gasteiger partial charge is 0.366 e. The first-order valence-corrected chi connectivity index (χ1v) is 5.55. The first kappa shape index (κ1) is 9.49. The minimum atomic E-state index is 0.632. The van der Waals surface area contributed by atoms with E-state index in [0.29, 0.717) is 6.04 Å². The van der Waals surface area contributed by atoms with E-state index in [-0.39, 0.29) is 0 Å². The van der Waals surface area contributed by atoms with Gasteiger partial charge in [0.1, 0.15) is 5.82 Å². The highest BCUT2D eigenvalue weighted by Gasteiger charge is 2.14. The van der Waals surface area contributed by atoms with Crippen LogP contribution in [0.3, 0.4) is 0 Å². The van der Waals surface area contributed by atoms with Gasteiger partial charge in [0.05, 0.1) is 6.20 Å². The van der Waals surface area contributed by atoms with E-state index >= 15 is 0 Å². The minimum Gasteiger partial charge on any atom is -0.366 e. The van der Waals surface area contributed by atoms with Crippen LogP contribution in [0.15, 0.2) is 6.20 Å². The molecular formula is C10H18N4. The highest BCUT2D eigenvalue weighted by atomic mass is 15.4. The molecule has 0 aliphatic heterocycles. The SMILES string of the molecule is CCn1nncc1NC1CCCCC1. The first-order chi connectivity index (χ1) is 6.90. The third-order valence-corrected chi connectivity index (χ3v) is 2.87. The Labute approximate surface area is 84.7 Å². The summed E-state index contributed by atoms with van der Waals surface area (Å²) in [5.41, 5.74) is 0. The highest BCUT2D eigenvalue weighted by molar-refractivity contribution is 5.32. The third kappa shape index (κ3) is 2.05. The van der Waals surface area contributed by atoms with Gasteiger partial charge in [0, 0.05) is 12.6 Å². The average Bonchev–Trinajstić information content (AvgIpc) is 2.67. The summed E-state index contributed by atoms with van der Waals surface area (Å²) < 4.78 is 1.91. The maximum Gasteiger partial charge on any atom is 0.145 e. The molecule has 0 aromatic carbocycles. The van der Waals surface area contributed by atoms with Gasteiger partial charge in [0.25, 0.3) is 0 Å². The highest BCUT2D eigenvalue weighted by Crippen LogP contribution is 2.20. The Morgan fingerprint density at radius 3 is 2.93 bits per heavy atom. The van der Waals surface area contributed by atoms with Crippen molar-refractivity contribution in [2.45, 2.75) is 51.6 Å². The van der Waals surface area contributed by atoms with Crippen molar-refractivity contribution in [3.05, 3.63) is 6.20 Å². The molecule has 4 heteroatoms.